The Labute approximate surface area is 151 Å². The molecule has 0 saturated heterocycles. The van der Waals surface area contributed by atoms with Gasteiger partial charge in [-0.25, -0.2) is 4.68 Å². The van der Waals surface area contributed by atoms with Crippen LogP contribution in [0.1, 0.15) is 44.8 Å². The molecule has 1 amide bonds. The molecule has 3 rings (SSSR count). The number of rotatable bonds is 5. The lowest BCUT2D eigenvalue weighted by Gasteiger charge is -2.32. The van der Waals surface area contributed by atoms with E-state index in [4.69, 9.17) is 10.3 Å². The lowest BCUT2D eigenvalue weighted by atomic mass is 9.94. The van der Waals surface area contributed by atoms with E-state index in [0.29, 0.717) is 17.0 Å². The van der Waals surface area contributed by atoms with Crippen LogP contribution in [0.25, 0.3) is 11.4 Å². The normalized spacial score (nSPS) is 16.8. The number of nitrogens with two attached hydrogens (primary N) is 1. The van der Waals surface area contributed by atoms with Gasteiger partial charge in [0.25, 0.3) is 0 Å². The minimum absolute atomic E-state index is 0.112. The van der Waals surface area contributed by atoms with Crippen LogP contribution in [0.15, 0.2) is 21.9 Å². The first-order valence-corrected chi connectivity index (χ1v) is 9.55. The number of amides is 1. The SMILES string of the molecule is Cc1occc1-c1nnc(SC(C)C(=O)N(C)C2CCCCC2)n1N. The molecule has 0 aliphatic heterocycles. The molecular weight excluding hydrogens is 338 g/mol. The second-order valence-corrected chi connectivity index (χ2v) is 7.88. The molecule has 1 aliphatic rings. The number of aryl methyl sites for hydroxylation is 1. The van der Waals surface area contributed by atoms with Crippen LogP contribution in [0.3, 0.4) is 0 Å². The standard InChI is InChI=1S/C17H25N5O2S/c1-11-14(9-10-24-11)15-19-20-17(22(15)18)25-12(2)16(23)21(3)13-7-5-4-6-8-13/h9-10,12-13H,4-8,18H2,1-3H3. The van der Waals surface area contributed by atoms with Gasteiger partial charge in [0.15, 0.2) is 5.82 Å². The quantitative estimate of drug-likeness (QED) is 0.649. The van der Waals surface area contributed by atoms with Crippen molar-refractivity contribution in [3.8, 4) is 11.4 Å². The molecule has 0 aromatic carbocycles. The van der Waals surface area contributed by atoms with Gasteiger partial charge < -0.3 is 15.2 Å². The molecule has 0 bridgehead atoms. The third kappa shape index (κ3) is 3.68. The van der Waals surface area contributed by atoms with Crippen LogP contribution in [0.2, 0.25) is 0 Å². The molecule has 1 fully saturated rings. The fourth-order valence-corrected chi connectivity index (χ4v) is 4.17. The van der Waals surface area contributed by atoms with Crippen molar-refractivity contribution < 1.29 is 9.21 Å². The molecule has 1 saturated carbocycles. The van der Waals surface area contributed by atoms with E-state index in [0.717, 1.165) is 24.2 Å². The van der Waals surface area contributed by atoms with Crippen LogP contribution >= 0.6 is 11.8 Å². The smallest absolute Gasteiger partial charge is 0.235 e. The van der Waals surface area contributed by atoms with Crippen molar-refractivity contribution in [3.63, 3.8) is 0 Å². The molecule has 2 aromatic heterocycles. The number of hydrogen-bond donors (Lipinski definition) is 1. The van der Waals surface area contributed by atoms with E-state index < -0.39 is 0 Å². The summed E-state index contributed by atoms with van der Waals surface area (Å²) in [6.45, 7) is 3.74. The van der Waals surface area contributed by atoms with Gasteiger partial charge in [-0.1, -0.05) is 31.0 Å². The Kier molecular flexibility index (Phi) is 5.36. The Morgan fingerprint density at radius 3 is 2.76 bits per heavy atom. The molecular formula is C17H25N5O2S. The Morgan fingerprint density at radius 2 is 2.12 bits per heavy atom. The Bertz CT molecular complexity index is 735. The maximum atomic E-state index is 12.7. The molecule has 136 valence electrons. The third-order valence-electron chi connectivity index (χ3n) is 4.86. The van der Waals surface area contributed by atoms with Gasteiger partial charge in [0.2, 0.25) is 11.1 Å². The molecule has 1 aliphatic carbocycles. The van der Waals surface area contributed by atoms with Crippen LogP contribution in [0.5, 0.6) is 0 Å². The zero-order valence-corrected chi connectivity index (χ0v) is 15.8. The predicted molar refractivity (Wildman–Crippen MR) is 97.6 cm³/mol. The molecule has 0 spiro atoms. The number of thioether (sulfide) groups is 1. The van der Waals surface area contributed by atoms with Crippen molar-refractivity contribution in [2.75, 3.05) is 12.9 Å². The maximum Gasteiger partial charge on any atom is 0.235 e. The minimum atomic E-state index is -0.267. The number of carbonyl (C=O) groups excluding carboxylic acids is 1. The van der Waals surface area contributed by atoms with E-state index >= 15 is 0 Å². The summed E-state index contributed by atoms with van der Waals surface area (Å²) in [5.74, 6) is 7.52. The number of nitrogen functional groups attached to an aromatic ring is 1. The van der Waals surface area contributed by atoms with Crippen LogP contribution in [-0.2, 0) is 4.79 Å². The second kappa shape index (κ2) is 7.51. The average molecular weight is 363 g/mol. The van der Waals surface area contributed by atoms with Gasteiger partial charge in [0, 0.05) is 13.1 Å². The summed E-state index contributed by atoms with van der Waals surface area (Å²) in [5.41, 5.74) is 0.806. The summed E-state index contributed by atoms with van der Waals surface area (Å²) in [4.78, 5) is 14.6. The zero-order chi connectivity index (χ0) is 18.0. The van der Waals surface area contributed by atoms with Gasteiger partial charge >= 0.3 is 0 Å². The number of aromatic nitrogens is 3. The number of furan rings is 1. The number of hydrogen-bond acceptors (Lipinski definition) is 6. The Morgan fingerprint density at radius 1 is 1.40 bits per heavy atom. The number of carbonyl (C=O) groups is 1. The topological polar surface area (TPSA) is 90.2 Å². The van der Waals surface area contributed by atoms with Gasteiger partial charge in [-0.15, -0.1) is 10.2 Å². The van der Waals surface area contributed by atoms with Crippen LogP contribution < -0.4 is 5.84 Å². The van der Waals surface area contributed by atoms with E-state index in [2.05, 4.69) is 10.2 Å². The maximum absolute atomic E-state index is 12.7. The highest BCUT2D eigenvalue weighted by Gasteiger charge is 2.27. The highest BCUT2D eigenvalue weighted by atomic mass is 32.2. The molecule has 2 aromatic rings. The van der Waals surface area contributed by atoms with Crippen LogP contribution in [0, 0.1) is 6.92 Å². The fraction of sp³-hybridized carbons (Fsp3) is 0.588. The van der Waals surface area contributed by atoms with E-state index in [9.17, 15) is 4.79 Å². The van der Waals surface area contributed by atoms with Crippen molar-refractivity contribution in [1.82, 2.24) is 19.8 Å². The minimum Gasteiger partial charge on any atom is -0.469 e. The van der Waals surface area contributed by atoms with Crippen molar-refractivity contribution >= 4 is 17.7 Å². The Balaban J connectivity index is 1.68. The first-order valence-electron chi connectivity index (χ1n) is 8.67. The average Bonchev–Trinajstić information content (AvgIpc) is 3.20. The number of nitrogens with zero attached hydrogens (tertiary/aromatic N) is 4. The van der Waals surface area contributed by atoms with Crippen molar-refractivity contribution in [3.05, 3.63) is 18.1 Å². The van der Waals surface area contributed by atoms with Crippen LogP contribution in [-0.4, -0.2) is 44.0 Å². The first-order chi connectivity index (χ1) is 12.0. The van der Waals surface area contributed by atoms with E-state index in [1.807, 2.05) is 31.9 Å². The molecule has 0 radical (unpaired) electrons. The van der Waals surface area contributed by atoms with Crippen molar-refractivity contribution in [1.29, 1.82) is 0 Å². The van der Waals surface area contributed by atoms with Crippen LogP contribution in [0.4, 0.5) is 0 Å². The van der Waals surface area contributed by atoms with Gasteiger partial charge in [-0.3, -0.25) is 4.79 Å². The van der Waals surface area contributed by atoms with Crippen molar-refractivity contribution in [2.24, 2.45) is 0 Å². The summed E-state index contributed by atoms with van der Waals surface area (Å²) in [7, 11) is 1.91. The predicted octanol–water partition coefficient (Wildman–Crippen LogP) is 2.83. The molecule has 25 heavy (non-hydrogen) atoms. The highest BCUT2D eigenvalue weighted by molar-refractivity contribution is 8.00. The summed E-state index contributed by atoms with van der Waals surface area (Å²) in [6.07, 6.45) is 7.46. The molecule has 8 heteroatoms. The lowest BCUT2D eigenvalue weighted by molar-refractivity contribution is -0.131. The largest absolute Gasteiger partial charge is 0.469 e. The van der Waals surface area contributed by atoms with E-state index in [1.165, 1.54) is 35.7 Å². The molecule has 2 heterocycles. The summed E-state index contributed by atoms with van der Waals surface area (Å²) in [5, 5.41) is 8.55. The van der Waals surface area contributed by atoms with Gasteiger partial charge in [0.1, 0.15) is 5.76 Å². The summed E-state index contributed by atoms with van der Waals surface area (Å²) >= 11 is 1.34. The Hall–Kier alpha value is -1.96. The van der Waals surface area contributed by atoms with Crippen molar-refractivity contribution in [2.45, 2.75) is 62.4 Å². The van der Waals surface area contributed by atoms with E-state index in [-0.39, 0.29) is 11.2 Å². The zero-order valence-electron chi connectivity index (χ0n) is 14.9. The molecule has 1 unspecified atom stereocenters. The molecule has 7 nitrogen and oxygen atoms in total. The summed E-state index contributed by atoms with van der Waals surface area (Å²) < 4.78 is 6.72. The third-order valence-corrected chi connectivity index (χ3v) is 5.91. The second-order valence-electron chi connectivity index (χ2n) is 6.57. The van der Waals surface area contributed by atoms with Gasteiger partial charge in [-0.05, 0) is 32.8 Å². The molecule has 2 N–H and O–H groups in total. The highest BCUT2D eigenvalue weighted by Crippen LogP contribution is 2.29. The lowest BCUT2D eigenvalue weighted by Crippen LogP contribution is -2.42. The van der Waals surface area contributed by atoms with Gasteiger partial charge in [-0.2, -0.15) is 0 Å². The summed E-state index contributed by atoms with van der Waals surface area (Å²) in [6, 6.07) is 2.16. The molecule has 1 atom stereocenters. The van der Waals surface area contributed by atoms with E-state index in [1.54, 1.807) is 6.26 Å². The van der Waals surface area contributed by atoms with Gasteiger partial charge in [0.05, 0.1) is 17.1 Å². The first kappa shape index (κ1) is 17.8. The fourth-order valence-electron chi connectivity index (χ4n) is 3.30. The monoisotopic (exact) mass is 363 g/mol.